The van der Waals surface area contributed by atoms with E-state index >= 15 is 0 Å². The molecule has 2 heterocycles. The number of aromatic nitrogens is 2. The summed E-state index contributed by atoms with van der Waals surface area (Å²) in [6.07, 6.45) is 3.65. The minimum absolute atomic E-state index is 0.258. The Kier molecular flexibility index (Phi) is 6.05. The third-order valence-electron chi connectivity index (χ3n) is 4.27. The van der Waals surface area contributed by atoms with E-state index < -0.39 is 10.0 Å². The average molecular weight is 375 g/mol. The lowest BCUT2D eigenvalue weighted by Crippen LogP contribution is -2.31. The van der Waals surface area contributed by atoms with Crippen molar-refractivity contribution in [1.82, 2.24) is 14.7 Å². The maximum absolute atomic E-state index is 12.2. The van der Waals surface area contributed by atoms with Gasteiger partial charge in [0.1, 0.15) is 5.82 Å². The van der Waals surface area contributed by atoms with Gasteiger partial charge in [-0.15, -0.1) is 0 Å². The Balaban J connectivity index is 1.55. The highest BCUT2D eigenvalue weighted by atomic mass is 32.2. The fourth-order valence-corrected chi connectivity index (χ4v) is 4.01. The normalized spacial score (nSPS) is 15.0. The van der Waals surface area contributed by atoms with Gasteiger partial charge in [-0.1, -0.05) is 18.2 Å². The molecule has 1 aliphatic rings. The molecule has 0 atom stereocenters. The van der Waals surface area contributed by atoms with Gasteiger partial charge in [-0.3, -0.25) is 0 Å². The number of benzene rings is 1. The summed E-state index contributed by atoms with van der Waals surface area (Å²) in [7, 11) is -3.49. The van der Waals surface area contributed by atoms with E-state index in [1.807, 2.05) is 13.0 Å². The molecular formula is C18H25N5O2S. The van der Waals surface area contributed by atoms with Crippen LogP contribution in [0, 0.1) is 6.92 Å². The van der Waals surface area contributed by atoms with E-state index in [4.69, 9.17) is 0 Å². The third kappa shape index (κ3) is 4.92. The highest BCUT2D eigenvalue weighted by molar-refractivity contribution is 7.89. The van der Waals surface area contributed by atoms with Gasteiger partial charge in [-0.05, 0) is 38.3 Å². The SMILES string of the molecule is Cc1cc(N2CCCCC2)nc(NCCNS(=O)(=O)c2ccccc2)n1. The largest absolute Gasteiger partial charge is 0.356 e. The van der Waals surface area contributed by atoms with Crippen LogP contribution in [0.3, 0.4) is 0 Å². The number of rotatable bonds is 7. The van der Waals surface area contributed by atoms with Gasteiger partial charge >= 0.3 is 0 Å². The summed E-state index contributed by atoms with van der Waals surface area (Å²) in [5.41, 5.74) is 0.896. The first-order valence-electron chi connectivity index (χ1n) is 8.94. The molecule has 2 aromatic rings. The molecule has 0 aliphatic carbocycles. The predicted octanol–water partition coefficient (Wildman–Crippen LogP) is 2.17. The Bertz CT molecular complexity index is 821. The molecule has 1 saturated heterocycles. The predicted molar refractivity (Wildman–Crippen MR) is 103 cm³/mol. The van der Waals surface area contributed by atoms with Gasteiger partial charge in [-0.2, -0.15) is 4.98 Å². The van der Waals surface area contributed by atoms with Gasteiger partial charge < -0.3 is 10.2 Å². The van der Waals surface area contributed by atoms with Crippen LogP contribution in [0.25, 0.3) is 0 Å². The molecule has 0 radical (unpaired) electrons. The van der Waals surface area contributed by atoms with Crippen LogP contribution < -0.4 is 14.9 Å². The zero-order valence-corrected chi connectivity index (χ0v) is 15.8. The molecule has 1 aliphatic heterocycles. The van der Waals surface area contributed by atoms with Gasteiger partial charge in [0.05, 0.1) is 4.90 Å². The maximum atomic E-state index is 12.2. The standard InChI is InChI=1S/C18H25N5O2S/c1-15-14-17(23-12-6-3-7-13-23)22-18(21-15)19-10-11-20-26(24,25)16-8-4-2-5-9-16/h2,4-5,8-9,14,20H,3,6-7,10-13H2,1H3,(H,19,21,22). The summed E-state index contributed by atoms with van der Waals surface area (Å²) in [5.74, 6) is 1.47. The van der Waals surface area contributed by atoms with E-state index in [0.29, 0.717) is 12.5 Å². The molecule has 0 unspecified atom stereocenters. The van der Waals surface area contributed by atoms with E-state index in [2.05, 4.69) is 24.9 Å². The minimum atomic E-state index is -3.49. The minimum Gasteiger partial charge on any atom is -0.356 e. The monoisotopic (exact) mass is 375 g/mol. The number of sulfonamides is 1. The van der Waals surface area contributed by atoms with E-state index in [1.54, 1.807) is 30.3 Å². The number of aryl methyl sites for hydroxylation is 1. The summed E-state index contributed by atoms with van der Waals surface area (Å²) >= 11 is 0. The molecule has 0 saturated carbocycles. The molecule has 140 valence electrons. The zero-order chi connectivity index (χ0) is 18.4. The molecular weight excluding hydrogens is 350 g/mol. The van der Waals surface area contributed by atoms with Crippen LogP contribution in [0.4, 0.5) is 11.8 Å². The maximum Gasteiger partial charge on any atom is 0.240 e. The first-order chi connectivity index (χ1) is 12.5. The molecule has 0 spiro atoms. The van der Waals surface area contributed by atoms with Gasteiger partial charge in [0.25, 0.3) is 0 Å². The molecule has 1 aromatic heterocycles. The lowest BCUT2D eigenvalue weighted by Gasteiger charge is -2.28. The van der Waals surface area contributed by atoms with Crippen molar-refractivity contribution in [2.45, 2.75) is 31.1 Å². The first kappa shape index (κ1) is 18.6. The number of hydrogen-bond donors (Lipinski definition) is 2. The lowest BCUT2D eigenvalue weighted by molar-refractivity contribution is 0.573. The second-order valence-corrected chi connectivity index (χ2v) is 8.14. The van der Waals surface area contributed by atoms with Crippen molar-refractivity contribution < 1.29 is 8.42 Å². The van der Waals surface area contributed by atoms with E-state index in [-0.39, 0.29) is 11.4 Å². The molecule has 0 bridgehead atoms. The highest BCUT2D eigenvalue weighted by Gasteiger charge is 2.14. The summed E-state index contributed by atoms with van der Waals surface area (Å²) in [6, 6.07) is 10.3. The fourth-order valence-electron chi connectivity index (χ4n) is 2.96. The summed E-state index contributed by atoms with van der Waals surface area (Å²) in [5, 5.41) is 3.11. The number of anilines is 2. The number of piperidine rings is 1. The number of nitrogens with one attached hydrogen (secondary N) is 2. The Morgan fingerprint density at radius 3 is 2.50 bits per heavy atom. The molecule has 1 fully saturated rings. The molecule has 26 heavy (non-hydrogen) atoms. The Hall–Kier alpha value is -2.19. The van der Waals surface area contributed by atoms with E-state index in [9.17, 15) is 8.42 Å². The van der Waals surface area contributed by atoms with Crippen LogP contribution in [0.5, 0.6) is 0 Å². The van der Waals surface area contributed by atoms with Crippen molar-refractivity contribution in [1.29, 1.82) is 0 Å². The van der Waals surface area contributed by atoms with Crippen molar-refractivity contribution in [3.8, 4) is 0 Å². The van der Waals surface area contributed by atoms with Crippen LogP contribution in [0.1, 0.15) is 25.0 Å². The van der Waals surface area contributed by atoms with E-state index in [1.165, 1.54) is 19.3 Å². The summed E-state index contributed by atoms with van der Waals surface area (Å²) in [4.78, 5) is 11.5. The van der Waals surface area contributed by atoms with Crippen LogP contribution in [0.2, 0.25) is 0 Å². The topological polar surface area (TPSA) is 87.2 Å². The Labute approximate surface area is 154 Å². The molecule has 2 N–H and O–H groups in total. The van der Waals surface area contributed by atoms with Crippen LogP contribution in [-0.2, 0) is 10.0 Å². The fraction of sp³-hybridized carbons (Fsp3) is 0.444. The third-order valence-corrected chi connectivity index (χ3v) is 5.75. The van der Waals surface area contributed by atoms with E-state index in [0.717, 1.165) is 24.6 Å². The van der Waals surface area contributed by atoms with Crippen LogP contribution in [-0.4, -0.2) is 44.6 Å². The van der Waals surface area contributed by atoms with Gasteiger partial charge in [0, 0.05) is 37.9 Å². The number of hydrogen-bond acceptors (Lipinski definition) is 6. The van der Waals surface area contributed by atoms with Gasteiger partial charge in [0.2, 0.25) is 16.0 Å². The highest BCUT2D eigenvalue weighted by Crippen LogP contribution is 2.19. The Morgan fingerprint density at radius 2 is 1.77 bits per heavy atom. The van der Waals surface area contributed by atoms with Crippen molar-refractivity contribution in [3.63, 3.8) is 0 Å². The van der Waals surface area contributed by atoms with Gasteiger partial charge in [0.15, 0.2) is 0 Å². The average Bonchev–Trinajstić information content (AvgIpc) is 2.66. The molecule has 8 heteroatoms. The second kappa shape index (κ2) is 8.46. The molecule has 1 aromatic carbocycles. The van der Waals surface area contributed by atoms with Crippen LogP contribution in [0.15, 0.2) is 41.3 Å². The van der Waals surface area contributed by atoms with Crippen molar-refractivity contribution in [3.05, 3.63) is 42.1 Å². The van der Waals surface area contributed by atoms with Crippen molar-refractivity contribution in [2.24, 2.45) is 0 Å². The smallest absolute Gasteiger partial charge is 0.240 e. The summed E-state index contributed by atoms with van der Waals surface area (Å²) in [6.45, 7) is 4.65. The zero-order valence-electron chi connectivity index (χ0n) is 15.0. The van der Waals surface area contributed by atoms with Gasteiger partial charge in [-0.25, -0.2) is 18.1 Å². The lowest BCUT2D eigenvalue weighted by atomic mass is 10.1. The Morgan fingerprint density at radius 1 is 1.04 bits per heavy atom. The van der Waals surface area contributed by atoms with Crippen molar-refractivity contribution >= 4 is 21.8 Å². The second-order valence-electron chi connectivity index (χ2n) is 6.38. The van der Waals surface area contributed by atoms with Crippen LogP contribution >= 0.6 is 0 Å². The van der Waals surface area contributed by atoms with Crippen molar-refractivity contribution in [2.75, 3.05) is 36.4 Å². The molecule has 0 amide bonds. The summed E-state index contributed by atoms with van der Waals surface area (Å²) < 4.78 is 26.9. The number of nitrogens with zero attached hydrogens (tertiary/aromatic N) is 3. The molecule has 3 rings (SSSR count). The molecule has 7 nitrogen and oxygen atoms in total. The first-order valence-corrected chi connectivity index (χ1v) is 10.4. The quantitative estimate of drug-likeness (QED) is 0.721.